The summed E-state index contributed by atoms with van der Waals surface area (Å²) in [7, 11) is 0. The lowest BCUT2D eigenvalue weighted by atomic mass is 9.93. The summed E-state index contributed by atoms with van der Waals surface area (Å²) in [5.41, 5.74) is 2.11. The number of carbonyl (C=O) groups is 1. The summed E-state index contributed by atoms with van der Waals surface area (Å²) in [6.45, 7) is 4.88. The molecule has 8 nitrogen and oxygen atoms in total. The van der Waals surface area contributed by atoms with Crippen molar-refractivity contribution < 1.29 is 14.6 Å². The quantitative estimate of drug-likeness (QED) is 0.416. The highest BCUT2D eigenvalue weighted by molar-refractivity contribution is 6.14. The van der Waals surface area contributed by atoms with Crippen LogP contribution in [-0.4, -0.2) is 39.7 Å². The summed E-state index contributed by atoms with van der Waals surface area (Å²) >= 11 is 0. The zero-order chi connectivity index (χ0) is 21.8. The zero-order valence-electron chi connectivity index (χ0n) is 16.6. The first-order chi connectivity index (χ1) is 14.2. The van der Waals surface area contributed by atoms with Crippen LogP contribution < -0.4 is 0 Å². The highest BCUT2D eigenvalue weighted by Crippen LogP contribution is 2.25. The van der Waals surface area contributed by atoms with Crippen molar-refractivity contribution in [2.45, 2.75) is 19.9 Å². The second-order valence-corrected chi connectivity index (χ2v) is 7.37. The van der Waals surface area contributed by atoms with Gasteiger partial charge in [0.25, 0.3) is 11.4 Å². The lowest BCUT2D eigenvalue weighted by Crippen LogP contribution is -2.41. The lowest BCUT2D eigenvalue weighted by molar-refractivity contribution is -0.385. The molecule has 0 N–H and O–H groups in total. The van der Waals surface area contributed by atoms with E-state index in [1.165, 1.54) is 24.3 Å². The van der Waals surface area contributed by atoms with Crippen LogP contribution in [0.15, 0.2) is 59.7 Å². The van der Waals surface area contributed by atoms with Crippen LogP contribution in [0.1, 0.15) is 25.0 Å². The fraction of sp³-hybridized carbons (Fsp3) is 0.227. The van der Waals surface area contributed by atoms with E-state index in [0.29, 0.717) is 35.4 Å². The van der Waals surface area contributed by atoms with E-state index in [-0.39, 0.29) is 23.2 Å². The zero-order valence-corrected chi connectivity index (χ0v) is 16.6. The summed E-state index contributed by atoms with van der Waals surface area (Å²) in [6, 6.07) is 12.4. The van der Waals surface area contributed by atoms with Gasteiger partial charge in [-0.25, -0.2) is 0 Å². The Balaban J connectivity index is 2.00. The Hall–Kier alpha value is -3.65. The van der Waals surface area contributed by atoms with Crippen molar-refractivity contribution in [2.24, 2.45) is 0 Å². The van der Waals surface area contributed by atoms with Gasteiger partial charge in [-0.3, -0.25) is 29.9 Å². The van der Waals surface area contributed by atoms with Crippen molar-refractivity contribution in [3.05, 3.63) is 91.0 Å². The number of rotatable bonds is 5. The van der Waals surface area contributed by atoms with Crippen molar-refractivity contribution >= 4 is 29.3 Å². The number of non-ortho nitro benzene ring substituents is 2. The maximum absolute atomic E-state index is 13.1. The van der Waals surface area contributed by atoms with E-state index in [1.54, 1.807) is 36.4 Å². The second-order valence-electron chi connectivity index (χ2n) is 7.37. The maximum atomic E-state index is 13.1. The average molecular weight is 407 g/mol. The molecule has 2 aromatic carbocycles. The number of nitrogens with zero attached hydrogens (tertiary/aromatic N) is 3. The van der Waals surface area contributed by atoms with Gasteiger partial charge in [-0.2, -0.15) is 0 Å². The van der Waals surface area contributed by atoms with Crippen molar-refractivity contribution in [1.29, 1.82) is 0 Å². The molecule has 2 aromatic rings. The third-order valence-electron chi connectivity index (χ3n) is 4.90. The minimum absolute atomic E-state index is 0.0410. The molecule has 3 rings (SSSR count). The van der Waals surface area contributed by atoms with E-state index < -0.39 is 9.85 Å². The van der Waals surface area contributed by atoms with Crippen LogP contribution in [0.25, 0.3) is 12.2 Å². The summed E-state index contributed by atoms with van der Waals surface area (Å²) in [5.74, 6) is -0.162. The molecular formula is C22H21N3O5. The molecule has 0 unspecified atom stereocenters. The number of Topliss-reactive ketones (excluding diaryl/α,β-unsaturated/α-hetero) is 1. The number of likely N-dealkylation sites (tertiary alicyclic amines) is 1. The molecule has 1 aliphatic heterocycles. The Morgan fingerprint density at radius 1 is 0.867 bits per heavy atom. The fourth-order valence-electron chi connectivity index (χ4n) is 3.29. The van der Waals surface area contributed by atoms with Gasteiger partial charge >= 0.3 is 0 Å². The Morgan fingerprint density at radius 2 is 1.30 bits per heavy atom. The van der Waals surface area contributed by atoms with E-state index >= 15 is 0 Å². The molecule has 0 bridgehead atoms. The summed E-state index contributed by atoms with van der Waals surface area (Å²) in [5, 5.41) is 22.1. The predicted molar refractivity (Wildman–Crippen MR) is 114 cm³/mol. The first-order valence-corrected chi connectivity index (χ1v) is 9.43. The van der Waals surface area contributed by atoms with Crippen LogP contribution in [0, 0.1) is 20.2 Å². The van der Waals surface area contributed by atoms with Crippen LogP contribution in [0.5, 0.6) is 0 Å². The predicted octanol–water partition coefficient (Wildman–Crippen LogP) is 4.26. The highest BCUT2D eigenvalue weighted by atomic mass is 16.6. The first kappa shape index (κ1) is 21.1. The molecule has 8 heteroatoms. The fourth-order valence-corrected chi connectivity index (χ4v) is 3.29. The van der Waals surface area contributed by atoms with Crippen LogP contribution >= 0.6 is 0 Å². The number of nitro benzene ring substituents is 2. The Bertz CT molecular complexity index is 992. The molecule has 0 radical (unpaired) electrons. The normalized spacial score (nSPS) is 17.6. The van der Waals surface area contributed by atoms with Crippen molar-refractivity contribution in [3.8, 4) is 0 Å². The lowest BCUT2D eigenvalue weighted by Gasteiger charge is -2.32. The third kappa shape index (κ3) is 4.84. The molecule has 0 aromatic heterocycles. The molecule has 1 heterocycles. The number of hydrogen-bond donors (Lipinski definition) is 0. The van der Waals surface area contributed by atoms with Gasteiger partial charge in [-0.05, 0) is 37.1 Å². The smallest absolute Gasteiger partial charge is 0.270 e. The Morgan fingerprint density at radius 3 is 1.67 bits per heavy atom. The number of piperidine rings is 1. The van der Waals surface area contributed by atoms with Crippen LogP contribution in [0.4, 0.5) is 11.4 Å². The molecule has 30 heavy (non-hydrogen) atoms. The number of hydrogen-bond acceptors (Lipinski definition) is 6. The monoisotopic (exact) mass is 407 g/mol. The number of carbonyl (C=O) groups excluding carboxylic acids is 1. The van der Waals surface area contributed by atoms with Crippen molar-refractivity contribution in [3.63, 3.8) is 0 Å². The van der Waals surface area contributed by atoms with Crippen LogP contribution in [0.3, 0.4) is 0 Å². The van der Waals surface area contributed by atoms with E-state index in [2.05, 4.69) is 4.90 Å². The molecule has 0 spiro atoms. The van der Waals surface area contributed by atoms with Crippen molar-refractivity contribution in [1.82, 2.24) is 4.90 Å². The average Bonchev–Trinajstić information content (AvgIpc) is 2.71. The standard InChI is InChI=1S/C22H21N3O5/c1-15(2)23-13-18(9-16-5-3-7-20(11-16)24(27)28)22(26)19(14-23)10-17-6-4-8-21(12-17)25(29)30/h3-12,15H,13-14H2,1-2H3. The minimum Gasteiger partial charge on any atom is -0.292 e. The summed E-state index contributed by atoms with van der Waals surface area (Å²) in [4.78, 5) is 36.3. The van der Waals surface area contributed by atoms with Gasteiger partial charge in [-0.15, -0.1) is 0 Å². The Labute approximate surface area is 173 Å². The van der Waals surface area contributed by atoms with Crippen LogP contribution in [0.2, 0.25) is 0 Å². The van der Waals surface area contributed by atoms with E-state index in [1.807, 2.05) is 13.8 Å². The van der Waals surface area contributed by atoms with Gasteiger partial charge in [-0.1, -0.05) is 24.3 Å². The van der Waals surface area contributed by atoms with Crippen molar-refractivity contribution in [2.75, 3.05) is 13.1 Å². The van der Waals surface area contributed by atoms with Gasteiger partial charge in [0.2, 0.25) is 0 Å². The molecule has 0 amide bonds. The maximum Gasteiger partial charge on any atom is 0.270 e. The molecule has 1 fully saturated rings. The first-order valence-electron chi connectivity index (χ1n) is 9.43. The topological polar surface area (TPSA) is 107 Å². The molecule has 1 saturated heterocycles. The highest BCUT2D eigenvalue weighted by Gasteiger charge is 2.27. The SMILES string of the molecule is CC(C)N1CC(=Cc2cccc([N+](=O)[O-])c2)C(=O)C(=Cc2cccc([N+](=O)[O-])c2)C1. The summed E-state index contributed by atoms with van der Waals surface area (Å²) < 4.78 is 0. The second kappa shape index (κ2) is 8.79. The molecule has 0 atom stereocenters. The van der Waals surface area contributed by atoms with Crippen LogP contribution in [-0.2, 0) is 4.79 Å². The van der Waals surface area contributed by atoms with Gasteiger partial charge in [0.15, 0.2) is 5.78 Å². The van der Waals surface area contributed by atoms with E-state index in [4.69, 9.17) is 0 Å². The number of benzene rings is 2. The van der Waals surface area contributed by atoms with Gasteiger partial charge < -0.3 is 0 Å². The molecule has 154 valence electrons. The molecule has 0 saturated carbocycles. The molecule has 0 aliphatic carbocycles. The van der Waals surface area contributed by atoms with E-state index in [9.17, 15) is 25.0 Å². The minimum atomic E-state index is -0.473. The summed E-state index contributed by atoms with van der Waals surface area (Å²) in [6.07, 6.45) is 3.34. The van der Waals surface area contributed by atoms with E-state index in [0.717, 1.165) is 0 Å². The van der Waals surface area contributed by atoms with Gasteiger partial charge in [0.05, 0.1) is 9.85 Å². The Kier molecular flexibility index (Phi) is 6.17. The molecular weight excluding hydrogens is 386 g/mol. The largest absolute Gasteiger partial charge is 0.292 e. The number of ketones is 1. The van der Waals surface area contributed by atoms with Gasteiger partial charge in [0.1, 0.15) is 0 Å². The third-order valence-corrected chi connectivity index (χ3v) is 4.90. The molecule has 1 aliphatic rings. The number of nitro groups is 2. The van der Waals surface area contributed by atoms with Gasteiger partial charge in [0, 0.05) is 54.5 Å².